The van der Waals surface area contributed by atoms with Crippen molar-refractivity contribution >= 4 is 11.7 Å². The van der Waals surface area contributed by atoms with E-state index in [1.165, 1.54) is 6.08 Å². The number of hydrogen-bond acceptors (Lipinski definition) is 2. The maximum absolute atomic E-state index is 10.8. The molecule has 0 aliphatic carbocycles. The minimum atomic E-state index is -0.937. The second-order valence-electron chi connectivity index (χ2n) is 2.68. The Morgan fingerprint density at radius 1 is 1.54 bits per heavy atom. The van der Waals surface area contributed by atoms with Gasteiger partial charge in [0.2, 0.25) is 0 Å². The first-order valence-electron chi connectivity index (χ1n) is 3.86. The first-order chi connectivity index (χ1) is 6.16. The van der Waals surface area contributed by atoms with Gasteiger partial charge >= 0.3 is 5.97 Å². The maximum Gasteiger partial charge on any atom is 0.314 e. The number of rotatable bonds is 3. The Morgan fingerprint density at radius 2 is 2.15 bits per heavy atom. The Balaban J connectivity index is 3.12. The topological polar surface area (TPSA) is 63.3 Å². The third-order valence-corrected chi connectivity index (χ3v) is 1.83. The molecule has 0 spiro atoms. The third kappa shape index (κ3) is 1.87. The largest absolute Gasteiger partial charge is 0.481 e. The van der Waals surface area contributed by atoms with Gasteiger partial charge in [-0.25, -0.2) is 0 Å². The molecule has 0 bridgehead atoms. The Kier molecular flexibility index (Phi) is 2.69. The zero-order valence-electron chi connectivity index (χ0n) is 7.10. The first-order valence-corrected chi connectivity index (χ1v) is 3.86. The molecule has 0 aromatic heterocycles. The van der Waals surface area contributed by atoms with Crippen molar-refractivity contribution in [3.05, 3.63) is 42.5 Å². The van der Waals surface area contributed by atoms with Gasteiger partial charge in [0, 0.05) is 5.69 Å². The van der Waals surface area contributed by atoms with E-state index >= 15 is 0 Å². The van der Waals surface area contributed by atoms with Crippen LogP contribution in [0.2, 0.25) is 0 Å². The standard InChI is InChI=1S/C10H11NO2/c1-2-7(10(12)13)8-5-3-4-6-9(8)11/h2-7H,1,11H2,(H,12,13). The van der Waals surface area contributed by atoms with Crippen LogP contribution >= 0.6 is 0 Å². The number of benzene rings is 1. The van der Waals surface area contributed by atoms with E-state index in [1.807, 2.05) is 0 Å². The van der Waals surface area contributed by atoms with Crippen molar-refractivity contribution in [2.45, 2.75) is 5.92 Å². The minimum Gasteiger partial charge on any atom is -0.481 e. The zero-order chi connectivity index (χ0) is 9.84. The smallest absolute Gasteiger partial charge is 0.314 e. The maximum atomic E-state index is 10.8. The molecule has 13 heavy (non-hydrogen) atoms. The van der Waals surface area contributed by atoms with Gasteiger partial charge in [0.05, 0.1) is 0 Å². The molecule has 68 valence electrons. The van der Waals surface area contributed by atoms with Crippen molar-refractivity contribution in [2.75, 3.05) is 5.73 Å². The summed E-state index contributed by atoms with van der Waals surface area (Å²) in [5, 5.41) is 8.82. The second kappa shape index (κ2) is 3.76. The normalized spacial score (nSPS) is 12.0. The van der Waals surface area contributed by atoms with E-state index in [0.29, 0.717) is 11.3 Å². The minimum absolute atomic E-state index is 0.481. The van der Waals surface area contributed by atoms with E-state index in [0.717, 1.165) is 0 Å². The van der Waals surface area contributed by atoms with Crippen LogP contribution in [0.5, 0.6) is 0 Å². The van der Waals surface area contributed by atoms with Gasteiger partial charge < -0.3 is 10.8 Å². The van der Waals surface area contributed by atoms with Crippen molar-refractivity contribution in [1.82, 2.24) is 0 Å². The Hall–Kier alpha value is -1.77. The molecule has 0 saturated heterocycles. The summed E-state index contributed by atoms with van der Waals surface area (Å²) in [6.07, 6.45) is 1.37. The third-order valence-electron chi connectivity index (χ3n) is 1.83. The first kappa shape index (κ1) is 9.32. The summed E-state index contributed by atoms with van der Waals surface area (Å²) in [5.41, 5.74) is 6.69. The fourth-order valence-electron chi connectivity index (χ4n) is 1.15. The lowest BCUT2D eigenvalue weighted by molar-refractivity contribution is -0.137. The molecule has 0 fully saturated rings. The molecule has 3 N–H and O–H groups in total. The highest BCUT2D eigenvalue weighted by atomic mass is 16.4. The number of para-hydroxylation sites is 1. The molecular weight excluding hydrogens is 166 g/mol. The van der Waals surface area contributed by atoms with Gasteiger partial charge in [0.25, 0.3) is 0 Å². The van der Waals surface area contributed by atoms with E-state index in [9.17, 15) is 4.79 Å². The van der Waals surface area contributed by atoms with Gasteiger partial charge in [-0.05, 0) is 11.6 Å². The summed E-state index contributed by atoms with van der Waals surface area (Å²) in [6, 6.07) is 6.89. The van der Waals surface area contributed by atoms with Crippen molar-refractivity contribution in [2.24, 2.45) is 0 Å². The van der Waals surface area contributed by atoms with Crippen molar-refractivity contribution in [1.29, 1.82) is 0 Å². The van der Waals surface area contributed by atoms with Gasteiger partial charge in [-0.3, -0.25) is 4.79 Å². The molecular formula is C10H11NO2. The summed E-state index contributed by atoms with van der Waals surface area (Å²) in [6.45, 7) is 3.46. The van der Waals surface area contributed by atoms with Crippen LogP contribution in [0.4, 0.5) is 5.69 Å². The van der Waals surface area contributed by atoms with Crippen LogP contribution in [0.25, 0.3) is 0 Å². The quantitative estimate of drug-likeness (QED) is 0.544. The van der Waals surface area contributed by atoms with Crippen molar-refractivity contribution < 1.29 is 9.90 Å². The molecule has 0 aliphatic heterocycles. The lowest BCUT2D eigenvalue weighted by Crippen LogP contribution is -2.10. The fraction of sp³-hybridized carbons (Fsp3) is 0.100. The van der Waals surface area contributed by atoms with Crippen LogP contribution in [0, 0.1) is 0 Å². The molecule has 3 nitrogen and oxygen atoms in total. The molecule has 0 amide bonds. The summed E-state index contributed by atoms with van der Waals surface area (Å²) in [7, 11) is 0. The summed E-state index contributed by atoms with van der Waals surface area (Å²) >= 11 is 0. The number of carboxylic acids is 1. The number of hydrogen-bond donors (Lipinski definition) is 2. The number of nitrogens with two attached hydrogens (primary N) is 1. The predicted octanol–water partition coefficient (Wildman–Crippen LogP) is 1.62. The Labute approximate surface area is 76.5 Å². The van der Waals surface area contributed by atoms with E-state index in [2.05, 4.69) is 6.58 Å². The molecule has 3 heteroatoms. The molecule has 1 rings (SSSR count). The molecule has 1 atom stereocenters. The second-order valence-corrected chi connectivity index (χ2v) is 2.68. The van der Waals surface area contributed by atoms with Crippen LogP contribution < -0.4 is 5.73 Å². The highest BCUT2D eigenvalue weighted by molar-refractivity contribution is 5.80. The Bertz CT molecular complexity index is 333. The van der Waals surface area contributed by atoms with E-state index in [-0.39, 0.29) is 0 Å². The number of nitrogen functional groups attached to an aromatic ring is 1. The van der Waals surface area contributed by atoms with Gasteiger partial charge in [-0.1, -0.05) is 24.3 Å². The zero-order valence-corrected chi connectivity index (χ0v) is 7.10. The molecule has 1 aromatic rings. The Morgan fingerprint density at radius 3 is 2.62 bits per heavy atom. The monoisotopic (exact) mass is 177 g/mol. The van der Waals surface area contributed by atoms with Crippen LogP contribution in [0.3, 0.4) is 0 Å². The molecule has 0 radical (unpaired) electrons. The molecule has 0 aliphatic rings. The SMILES string of the molecule is C=CC(C(=O)O)c1ccccc1N. The molecule has 0 heterocycles. The highest BCUT2D eigenvalue weighted by Gasteiger charge is 2.17. The molecule has 0 saturated carbocycles. The highest BCUT2D eigenvalue weighted by Crippen LogP contribution is 2.22. The van der Waals surface area contributed by atoms with Crippen molar-refractivity contribution in [3.8, 4) is 0 Å². The van der Waals surface area contributed by atoms with Gasteiger partial charge in [0.15, 0.2) is 0 Å². The van der Waals surface area contributed by atoms with E-state index in [1.54, 1.807) is 24.3 Å². The van der Waals surface area contributed by atoms with Gasteiger partial charge in [0.1, 0.15) is 5.92 Å². The van der Waals surface area contributed by atoms with Crippen molar-refractivity contribution in [3.63, 3.8) is 0 Å². The average Bonchev–Trinajstić information content (AvgIpc) is 2.09. The van der Waals surface area contributed by atoms with Gasteiger partial charge in [-0.15, -0.1) is 6.58 Å². The van der Waals surface area contributed by atoms with Crippen LogP contribution in [-0.4, -0.2) is 11.1 Å². The number of aliphatic carboxylic acids is 1. The lowest BCUT2D eigenvalue weighted by atomic mass is 9.98. The van der Waals surface area contributed by atoms with E-state index in [4.69, 9.17) is 10.8 Å². The lowest BCUT2D eigenvalue weighted by Gasteiger charge is -2.09. The predicted molar refractivity (Wildman–Crippen MR) is 51.4 cm³/mol. The fourth-order valence-corrected chi connectivity index (χ4v) is 1.15. The van der Waals surface area contributed by atoms with Crippen LogP contribution in [0.1, 0.15) is 11.5 Å². The van der Waals surface area contributed by atoms with E-state index < -0.39 is 11.9 Å². The summed E-state index contributed by atoms with van der Waals surface area (Å²) in [4.78, 5) is 10.8. The number of carbonyl (C=O) groups is 1. The van der Waals surface area contributed by atoms with Crippen LogP contribution in [-0.2, 0) is 4.79 Å². The summed E-state index contributed by atoms with van der Waals surface area (Å²) < 4.78 is 0. The van der Waals surface area contributed by atoms with Crippen LogP contribution in [0.15, 0.2) is 36.9 Å². The average molecular weight is 177 g/mol. The number of carboxylic acid groups (broad SMARTS) is 1. The molecule has 1 unspecified atom stereocenters. The summed E-state index contributed by atoms with van der Waals surface area (Å²) in [5.74, 6) is -1.66. The number of anilines is 1. The molecule has 1 aromatic carbocycles. The van der Waals surface area contributed by atoms with Gasteiger partial charge in [-0.2, -0.15) is 0 Å².